The smallest absolute Gasteiger partial charge is 0.282 e. The lowest BCUT2D eigenvalue weighted by atomic mass is 10.3. The van der Waals surface area contributed by atoms with Crippen molar-refractivity contribution >= 4 is 17.1 Å². The van der Waals surface area contributed by atoms with E-state index in [0.29, 0.717) is 37.9 Å². The summed E-state index contributed by atoms with van der Waals surface area (Å²) in [5.41, 5.74) is 0.946. The molecule has 2 aromatic heterocycles. The van der Waals surface area contributed by atoms with Crippen LogP contribution in [0.15, 0.2) is 29.1 Å². The first-order valence-electron chi connectivity index (χ1n) is 7.59. The topological polar surface area (TPSA) is 98.2 Å². The first-order chi connectivity index (χ1) is 11.7. The number of hydrogen-bond donors (Lipinski definition) is 1. The lowest BCUT2D eigenvalue weighted by Crippen LogP contribution is -2.38. The van der Waals surface area contributed by atoms with Gasteiger partial charge in [-0.25, -0.2) is 0 Å². The molecule has 0 unspecified atom stereocenters. The molecule has 0 radical (unpaired) electrons. The molecule has 1 aliphatic heterocycles. The molecule has 9 nitrogen and oxygen atoms in total. The fourth-order valence-electron chi connectivity index (χ4n) is 2.57. The Kier molecular flexibility index (Phi) is 3.62. The molecule has 3 heterocycles. The molecular weight excluding hydrogens is 312 g/mol. The number of ether oxygens (including phenoxy) is 2. The van der Waals surface area contributed by atoms with Crippen molar-refractivity contribution in [1.82, 2.24) is 25.0 Å². The standard InChI is InChI=1S/C15H16N6O3/c1-23-11-4-2-10(3-5-11)21-18-12-13(19-21)16-15(17-14(12)22)20-6-8-24-9-7-20/h2-5H,6-9H2,1H3,(H,16,17,19,22). The molecule has 0 saturated carbocycles. The minimum atomic E-state index is -0.304. The molecule has 0 aliphatic carbocycles. The molecule has 1 N–H and O–H groups in total. The molecule has 1 aromatic carbocycles. The molecule has 1 saturated heterocycles. The zero-order valence-corrected chi connectivity index (χ0v) is 13.1. The Hall–Kier alpha value is -2.94. The minimum Gasteiger partial charge on any atom is -0.497 e. The maximum atomic E-state index is 12.3. The molecule has 0 atom stereocenters. The van der Waals surface area contributed by atoms with Crippen molar-refractivity contribution in [1.29, 1.82) is 0 Å². The minimum absolute atomic E-state index is 0.211. The molecule has 24 heavy (non-hydrogen) atoms. The summed E-state index contributed by atoms with van der Waals surface area (Å²) in [5, 5.41) is 8.57. The second-order valence-corrected chi connectivity index (χ2v) is 5.35. The van der Waals surface area contributed by atoms with Crippen molar-refractivity contribution < 1.29 is 9.47 Å². The molecule has 3 aromatic rings. The summed E-state index contributed by atoms with van der Waals surface area (Å²) in [6.07, 6.45) is 0. The molecule has 124 valence electrons. The highest BCUT2D eigenvalue weighted by Gasteiger charge is 2.17. The molecule has 0 spiro atoms. The van der Waals surface area contributed by atoms with Gasteiger partial charge in [-0.1, -0.05) is 0 Å². The Labute approximate surface area is 136 Å². The Morgan fingerprint density at radius 1 is 1.17 bits per heavy atom. The predicted octanol–water partition coefficient (Wildman–Crippen LogP) is 0.349. The van der Waals surface area contributed by atoms with Crippen molar-refractivity contribution in [2.45, 2.75) is 0 Å². The predicted molar refractivity (Wildman–Crippen MR) is 86.9 cm³/mol. The summed E-state index contributed by atoms with van der Waals surface area (Å²) in [6, 6.07) is 7.24. The van der Waals surface area contributed by atoms with Crippen molar-refractivity contribution in [3.05, 3.63) is 34.6 Å². The van der Waals surface area contributed by atoms with Gasteiger partial charge < -0.3 is 14.4 Å². The first-order valence-corrected chi connectivity index (χ1v) is 7.59. The number of benzene rings is 1. The zero-order chi connectivity index (χ0) is 16.5. The van der Waals surface area contributed by atoms with E-state index in [-0.39, 0.29) is 11.1 Å². The number of anilines is 1. The van der Waals surface area contributed by atoms with Crippen LogP contribution in [0.3, 0.4) is 0 Å². The molecule has 1 aliphatic rings. The number of nitrogens with zero attached hydrogens (tertiary/aromatic N) is 5. The molecule has 1 fully saturated rings. The van der Waals surface area contributed by atoms with E-state index in [0.717, 1.165) is 11.4 Å². The van der Waals surface area contributed by atoms with E-state index >= 15 is 0 Å². The third-order valence-electron chi connectivity index (χ3n) is 3.86. The van der Waals surface area contributed by atoms with Gasteiger partial charge in [0.25, 0.3) is 5.56 Å². The summed E-state index contributed by atoms with van der Waals surface area (Å²) < 4.78 is 10.4. The fourth-order valence-corrected chi connectivity index (χ4v) is 2.57. The van der Waals surface area contributed by atoms with Crippen LogP contribution in [0.5, 0.6) is 5.75 Å². The van der Waals surface area contributed by atoms with Crippen molar-refractivity contribution in [2.75, 3.05) is 38.3 Å². The van der Waals surface area contributed by atoms with E-state index in [1.165, 1.54) is 4.80 Å². The number of aromatic nitrogens is 5. The summed E-state index contributed by atoms with van der Waals surface area (Å²) >= 11 is 0. The average molecular weight is 328 g/mol. The highest BCUT2D eigenvalue weighted by molar-refractivity contribution is 5.69. The zero-order valence-electron chi connectivity index (χ0n) is 13.1. The third-order valence-corrected chi connectivity index (χ3v) is 3.86. The van der Waals surface area contributed by atoms with Crippen LogP contribution in [0.1, 0.15) is 0 Å². The van der Waals surface area contributed by atoms with Crippen LogP contribution < -0.4 is 15.2 Å². The van der Waals surface area contributed by atoms with Crippen molar-refractivity contribution in [2.24, 2.45) is 0 Å². The van der Waals surface area contributed by atoms with Crippen LogP contribution >= 0.6 is 0 Å². The molecule has 9 heteroatoms. The Morgan fingerprint density at radius 2 is 1.92 bits per heavy atom. The maximum absolute atomic E-state index is 12.3. The van der Waals surface area contributed by atoms with Crippen LogP contribution in [0, 0.1) is 0 Å². The van der Waals surface area contributed by atoms with Crippen molar-refractivity contribution in [3.63, 3.8) is 0 Å². The van der Waals surface area contributed by atoms with E-state index in [9.17, 15) is 4.79 Å². The molecule has 0 bridgehead atoms. The van der Waals surface area contributed by atoms with Gasteiger partial charge in [0.2, 0.25) is 11.6 Å². The number of H-pyrrole nitrogens is 1. The average Bonchev–Trinajstić information content (AvgIpc) is 3.07. The maximum Gasteiger partial charge on any atom is 0.282 e. The van der Waals surface area contributed by atoms with Gasteiger partial charge in [0, 0.05) is 13.1 Å². The van der Waals surface area contributed by atoms with Gasteiger partial charge in [-0.05, 0) is 24.3 Å². The number of morpholine rings is 1. The van der Waals surface area contributed by atoms with Crippen LogP contribution in [0.2, 0.25) is 0 Å². The van der Waals surface area contributed by atoms with Gasteiger partial charge in [-0.2, -0.15) is 4.98 Å². The summed E-state index contributed by atoms with van der Waals surface area (Å²) in [5.74, 6) is 1.23. The van der Waals surface area contributed by atoms with Crippen molar-refractivity contribution in [3.8, 4) is 11.4 Å². The lowest BCUT2D eigenvalue weighted by Gasteiger charge is -2.26. The van der Waals surface area contributed by atoms with Gasteiger partial charge in [0.1, 0.15) is 5.75 Å². The SMILES string of the molecule is COc1ccc(-n2nc3nc(N4CCOCC4)[nH]c(=O)c3n2)cc1. The van der Waals surface area contributed by atoms with E-state index in [2.05, 4.69) is 20.2 Å². The number of rotatable bonds is 3. The van der Waals surface area contributed by atoms with Crippen LogP contribution in [0.25, 0.3) is 16.9 Å². The first kappa shape index (κ1) is 14.6. The van der Waals surface area contributed by atoms with Gasteiger partial charge in [0.15, 0.2) is 5.52 Å². The monoisotopic (exact) mass is 328 g/mol. The number of hydrogen-bond acceptors (Lipinski definition) is 7. The largest absolute Gasteiger partial charge is 0.497 e. The second-order valence-electron chi connectivity index (χ2n) is 5.35. The Bertz CT molecular complexity index is 911. The Morgan fingerprint density at radius 3 is 2.62 bits per heavy atom. The summed E-state index contributed by atoms with van der Waals surface area (Å²) in [7, 11) is 1.60. The number of aromatic amines is 1. The highest BCUT2D eigenvalue weighted by Crippen LogP contribution is 2.15. The summed E-state index contributed by atoms with van der Waals surface area (Å²) in [6.45, 7) is 2.59. The molecular formula is C15H16N6O3. The third kappa shape index (κ3) is 2.58. The van der Waals surface area contributed by atoms with Gasteiger partial charge in [-0.15, -0.1) is 15.0 Å². The fraction of sp³-hybridized carbons (Fsp3) is 0.333. The normalized spacial score (nSPS) is 15.0. The number of nitrogens with one attached hydrogen (secondary N) is 1. The van der Waals surface area contributed by atoms with E-state index in [1.807, 2.05) is 17.0 Å². The number of methoxy groups -OCH3 is 1. The van der Waals surface area contributed by atoms with Crippen LogP contribution in [0.4, 0.5) is 5.95 Å². The van der Waals surface area contributed by atoms with Crippen LogP contribution in [-0.4, -0.2) is 58.4 Å². The van der Waals surface area contributed by atoms with Gasteiger partial charge >= 0.3 is 0 Å². The lowest BCUT2D eigenvalue weighted by molar-refractivity contribution is 0.122. The quantitative estimate of drug-likeness (QED) is 0.740. The van der Waals surface area contributed by atoms with E-state index < -0.39 is 0 Å². The summed E-state index contributed by atoms with van der Waals surface area (Å²) in [4.78, 5) is 22.9. The van der Waals surface area contributed by atoms with E-state index in [4.69, 9.17) is 9.47 Å². The Balaban J connectivity index is 1.74. The van der Waals surface area contributed by atoms with E-state index in [1.54, 1.807) is 19.2 Å². The highest BCUT2D eigenvalue weighted by atomic mass is 16.5. The van der Waals surface area contributed by atoms with Crippen LogP contribution in [-0.2, 0) is 4.74 Å². The van der Waals surface area contributed by atoms with Gasteiger partial charge in [0.05, 0.1) is 26.0 Å². The number of fused-ring (bicyclic) bond motifs is 1. The molecule has 0 amide bonds. The van der Waals surface area contributed by atoms with Gasteiger partial charge in [-0.3, -0.25) is 9.78 Å². The molecule has 4 rings (SSSR count). The second kappa shape index (κ2) is 5.93.